The van der Waals surface area contributed by atoms with Crippen molar-refractivity contribution in [1.82, 2.24) is 0 Å². The lowest BCUT2D eigenvalue weighted by molar-refractivity contribution is 0.105. The number of ketones is 1. The maximum atomic E-state index is 12.3. The first-order valence-electron chi connectivity index (χ1n) is 6.41. The Bertz CT molecular complexity index is 791. The number of fused-ring (bicyclic) bond motifs is 1. The topological polar surface area (TPSA) is 17.1 Å². The molecule has 20 heavy (non-hydrogen) atoms. The van der Waals surface area contributed by atoms with Crippen LogP contribution < -0.4 is 0 Å². The monoisotopic (exact) mass is 298 g/mol. The van der Waals surface area contributed by atoms with E-state index in [0.29, 0.717) is 0 Å². The van der Waals surface area contributed by atoms with E-state index in [4.69, 9.17) is 0 Å². The molecule has 0 bridgehead atoms. The van der Waals surface area contributed by atoms with Crippen molar-refractivity contribution in [1.29, 1.82) is 0 Å². The van der Waals surface area contributed by atoms with Crippen molar-refractivity contribution in [3.05, 3.63) is 63.4 Å². The molecule has 0 N–H and O–H groups in total. The second-order valence-corrected chi connectivity index (χ2v) is 6.90. The molecular weight excluding hydrogens is 284 g/mol. The molecule has 0 saturated heterocycles. The number of rotatable bonds is 3. The van der Waals surface area contributed by atoms with Gasteiger partial charge in [0.2, 0.25) is 0 Å². The number of aryl methyl sites for hydroxylation is 2. The highest BCUT2D eigenvalue weighted by atomic mass is 32.2. The Balaban J connectivity index is 1.93. The summed E-state index contributed by atoms with van der Waals surface area (Å²) in [6, 6.07) is 9.90. The van der Waals surface area contributed by atoms with Gasteiger partial charge >= 0.3 is 0 Å². The van der Waals surface area contributed by atoms with E-state index >= 15 is 0 Å². The quantitative estimate of drug-likeness (QED) is 0.462. The molecule has 0 atom stereocenters. The minimum absolute atomic E-state index is 0.0964. The van der Waals surface area contributed by atoms with E-state index in [2.05, 4.69) is 12.3 Å². The molecular formula is C17H14OS2. The predicted octanol–water partition coefficient (Wildman–Crippen LogP) is 5.48. The zero-order valence-corrected chi connectivity index (χ0v) is 13.0. The summed E-state index contributed by atoms with van der Waals surface area (Å²) in [5.74, 6) is 0.0964. The van der Waals surface area contributed by atoms with Crippen LogP contribution in [0.1, 0.15) is 26.4 Å². The van der Waals surface area contributed by atoms with Crippen LogP contribution in [0.3, 0.4) is 0 Å². The summed E-state index contributed by atoms with van der Waals surface area (Å²) < 4.78 is 1.25. The second-order valence-electron chi connectivity index (χ2n) is 4.75. The minimum Gasteiger partial charge on any atom is -0.288 e. The SMILES string of the molecule is Cc1csc2sc(C(=O)C=Cc3ccccc3)c(C)c12. The van der Waals surface area contributed by atoms with Gasteiger partial charge in [-0.2, -0.15) is 0 Å². The Labute approximate surface area is 126 Å². The number of allylic oxidation sites excluding steroid dienone is 1. The van der Waals surface area contributed by atoms with Crippen LogP contribution in [-0.4, -0.2) is 5.78 Å². The molecule has 0 radical (unpaired) electrons. The maximum absolute atomic E-state index is 12.3. The number of carbonyl (C=O) groups is 1. The normalized spacial score (nSPS) is 11.5. The van der Waals surface area contributed by atoms with Gasteiger partial charge in [-0.1, -0.05) is 36.4 Å². The molecule has 100 valence electrons. The number of benzene rings is 1. The van der Waals surface area contributed by atoms with Crippen LogP contribution in [0.25, 0.3) is 15.5 Å². The van der Waals surface area contributed by atoms with Gasteiger partial charge in [0.1, 0.15) is 0 Å². The predicted molar refractivity (Wildman–Crippen MR) is 89.0 cm³/mol. The summed E-state index contributed by atoms with van der Waals surface area (Å²) in [7, 11) is 0. The summed E-state index contributed by atoms with van der Waals surface area (Å²) in [6.45, 7) is 4.15. The first-order valence-corrected chi connectivity index (χ1v) is 8.11. The van der Waals surface area contributed by atoms with Gasteiger partial charge in [0, 0.05) is 5.39 Å². The zero-order chi connectivity index (χ0) is 14.1. The summed E-state index contributed by atoms with van der Waals surface area (Å²) in [5, 5.41) is 3.42. The lowest BCUT2D eigenvalue weighted by Gasteiger charge is -1.95. The lowest BCUT2D eigenvalue weighted by atomic mass is 10.1. The third-order valence-corrected chi connectivity index (χ3v) is 5.83. The van der Waals surface area contributed by atoms with Crippen molar-refractivity contribution in [2.24, 2.45) is 0 Å². The maximum Gasteiger partial charge on any atom is 0.196 e. The van der Waals surface area contributed by atoms with Crippen molar-refractivity contribution in [3.63, 3.8) is 0 Å². The lowest BCUT2D eigenvalue weighted by Crippen LogP contribution is -1.92. The van der Waals surface area contributed by atoms with Crippen LogP contribution in [0.4, 0.5) is 0 Å². The van der Waals surface area contributed by atoms with Crippen LogP contribution >= 0.6 is 22.7 Å². The van der Waals surface area contributed by atoms with Crippen molar-refractivity contribution >= 4 is 43.9 Å². The van der Waals surface area contributed by atoms with Gasteiger partial charge in [0.25, 0.3) is 0 Å². The van der Waals surface area contributed by atoms with Crippen molar-refractivity contribution in [3.8, 4) is 0 Å². The van der Waals surface area contributed by atoms with Crippen molar-refractivity contribution < 1.29 is 4.79 Å². The number of thiophene rings is 2. The Morgan fingerprint density at radius 3 is 2.60 bits per heavy atom. The van der Waals surface area contributed by atoms with Crippen LogP contribution in [0.5, 0.6) is 0 Å². The largest absolute Gasteiger partial charge is 0.288 e. The first-order chi connectivity index (χ1) is 9.66. The van der Waals surface area contributed by atoms with Crippen LogP contribution in [-0.2, 0) is 0 Å². The van der Waals surface area contributed by atoms with Gasteiger partial charge in [0.05, 0.1) is 8.89 Å². The van der Waals surface area contributed by atoms with Crippen molar-refractivity contribution in [2.45, 2.75) is 13.8 Å². The first kappa shape index (κ1) is 13.3. The van der Waals surface area contributed by atoms with Gasteiger partial charge in [-0.25, -0.2) is 0 Å². The molecule has 3 aromatic rings. The van der Waals surface area contributed by atoms with Crippen LogP contribution in [0.15, 0.2) is 41.8 Å². The third kappa shape index (κ3) is 2.35. The molecule has 0 aliphatic rings. The fourth-order valence-electron chi connectivity index (χ4n) is 2.27. The molecule has 0 fully saturated rings. The average Bonchev–Trinajstić information content (AvgIpc) is 2.99. The van der Waals surface area contributed by atoms with E-state index < -0.39 is 0 Å². The fourth-order valence-corrected chi connectivity index (χ4v) is 4.72. The highest BCUT2D eigenvalue weighted by Crippen LogP contribution is 2.37. The van der Waals surface area contributed by atoms with Gasteiger partial charge in [-0.3, -0.25) is 4.79 Å². The molecule has 2 aromatic heterocycles. The summed E-state index contributed by atoms with van der Waals surface area (Å²) in [4.78, 5) is 13.2. The molecule has 0 amide bonds. The van der Waals surface area contributed by atoms with E-state index in [-0.39, 0.29) is 5.78 Å². The zero-order valence-electron chi connectivity index (χ0n) is 11.3. The smallest absolute Gasteiger partial charge is 0.196 e. The molecule has 0 aliphatic carbocycles. The fraction of sp³-hybridized carbons (Fsp3) is 0.118. The molecule has 1 nitrogen and oxygen atoms in total. The standard InChI is InChI=1S/C17H14OS2/c1-11-10-19-17-15(11)12(2)16(20-17)14(18)9-8-13-6-4-3-5-7-13/h3-10H,1-2H3. The molecule has 1 aromatic carbocycles. The van der Waals surface area contributed by atoms with E-state index in [1.54, 1.807) is 28.7 Å². The third-order valence-electron chi connectivity index (χ3n) is 3.30. The van der Waals surface area contributed by atoms with E-state index in [1.165, 1.54) is 15.0 Å². The van der Waals surface area contributed by atoms with Gasteiger partial charge in [0.15, 0.2) is 5.78 Å². The Morgan fingerprint density at radius 1 is 1.15 bits per heavy atom. The molecule has 3 heteroatoms. The Hall–Kier alpha value is -1.71. The van der Waals surface area contributed by atoms with Gasteiger partial charge in [-0.05, 0) is 42.0 Å². The summed E-state index contributed by atoms with van der Waals surface area (Å²) in [5.41, 5.74) is 3.43. The van der Waals surface area contributed by atoms with Crippen LogP contribution in [0, 0.1) is 13.8 Å². The van der Waals surface area contributed by atoms with Crippen LogP contribution in [0.2, 0.25) is 0 Å². The number of hydrogen-bond donors (Lipinski definition) is 0. The molecule has 2 heterocycles. The molecule has 0 spiro atoms. The minimum atomic E-state index is 0.0964. The van der Waals surface area contributed by atoms with E-state index in [9.17, 15) is 4.79 Å². The highest BCUT2D eigenvalue weighted by Gasteiger charge is 2.15. The molecule has 0 saturated carbocycles. The van der Waals surface area contributed by atoms with Gasteiger partial charge in [-0.15, -0.1) is 22.7 Å². The van der Waals surface area contributed by atoms with E-state index in [0.717, 1.165) is 16.0 Å². The summed E-state index contributed by atoms with van der Waals surface area (Å²) in [6.07, 6.45) is 3.55. The Morgan fingerprint density at radius 2 is 1.90 bits per heavy atom. The summed E-state index contributed by atoms with van der Waals surface area (Å²) >= 11 is 3.33. The molecule has 0 unspecified atom stereocenters. The van der Waals surface area contributed by atoms with Crippen molar-refractivity contribution in [2.75, 3.05) is 0 Å². The highest BCUT2D eigenvalue weighted by molar-refractivity contribution is 7.38. The van der Waals surface area contributed by atoms with Gasteiger partial charge < -0.3 is 0 Å². The number of hydrogen-bond acceptors (Lipinski definition) is 3. The second kappa shape index (κ2) is 5.35. The molecule has 3 rings (SSSR count). The molecule has 0 aliphatic heterocycles. The Kier molecular flexibility index (Phi) is 3.55. The van der Waals surface area contributed by atoms with E-state index in [1.807, 2.05) is 43.3 Å². The number of carbonyl (C=O) groups excluding carboxylic acids is 1. The average molecular weight is 298 g/mol.